The smallest absolute Gasteiger partial charge is 0.406 e. The van der Waals surface area contributed by atoms with Gasteiger partial charge in [-0.2, -0.15) is 0 Å². The van der Waals surface area contributed by atoms with E-state index in [-0.39, 0.29) is 34.5 Å². The number of alkyl halides is 3. The first kappa shape index (κ1) is 24.5. The van der Waals surface area contributed by atoms with Gasteiger partial charge in [-0.3, -0.25) is 4.79 Å². The van der Waals surface area contributed by atoms with Crippen LogP contribution in [0, 0.1) is 17.3 Å². The van der Waals surface area contributed by atoms with Gasteiger partial charge in [0.15, 0.2) is 0 Å². The van der Waals surface area contributed by atoms with Crippen molar-refractivity contribution in [3.8, 4) is 5.75 Å². The standard InChI is InChI=1S/C24H33BF3NO4/c1-14(29)19(30)10-7-17(11-15-5-8-18(9-6-15)31-24(26,27)28)25-32-21-13-16-12-20(22(16,2)3)23(21,4)33-25/h5-6,8-9,14,16-17,20-21H,7,10-13,29H2,1-4H3/t14-,16?,17-,20?,21?,23+/m0/s1. The average Bonchev–Trinajstić information content (AvgIpc) is 3.07. The topological polar surface area (TPSA) is 70.8 Å². The van der Waals surface area contributed by atoms with Gasteiger partial charge in [0.25, 0.3) is 0 Å². The number of benzene rings is 1. The molecular formula is C24H33BF3NO4. The first-order valence-electron chi connectivity index (χ1n) is 11.8. The second kappa shape index (κ2) is 8.58. The fourth-order valence-electron chi connectivity index (χ4n) is 6.12. The van der Waals surface area contributed by atoms with Gasteiger partial charge in [-0.05, 0) is 80.3 Å². The maximum atomic E-state index is 12.5. The van der Waals surface area contributed by atoms with Crippen molar-refractivity contribution in [2.75, 3.05) is 0 Å². The van der Waals surface area contributed by atoms with Gasteiger partial charge >= 0.3 is 13.5 Å². The zero-order chi connectivity index (χ0) is 24.2. The molecule has 4 fully saturated rings. The normalized spacial score (nSPS) is 32.0. The van der Waals surface area contributed by atoms with E-state index in [1.165, 1.54) is 12.1 Å². The molecule has 1 aromatic carbocycles. The second-order valence-electron chi connectivity index (χ2n) is 10.8. The number of halogens is 3. The lowest BCUT2D eigenvalue weighted by molar-refractivity contribution is -0.274. The molecule has 5 nitrogen and oxygen atoms in total. The van der Waals surface area contributed by atoms with Crippen LogP contribution in [0.2, 0.25) is 5.82 Å². The van der Waals surface area contributed by atoms with Crippen LogP contribution in [0.5, 0.6) is 5.75 Å². The fourth-order valence-corrected chi connectivity index (χ4v) is 6.12. The summed E-state index contributed by atoms with van der Waals surface area (Å²) in [6.07, 6.45) is -1.24. The van der Waals surface area contributed by atoms with Crippen LogP contribution in [0.15, 0.2) is 24.3 Å². The van der Waals surface area contributed by atoms with Crippen LogP contribution in [0.1, 0.15) is 58.9 Å². The van der Waals surface area contributed by atoms with Crippen molar-refractivity contribution in [2.24, 2.45) is 23.0 Å². The molecule has 0 aromatic heterocycles. The van der Waals surface area contributed by atoms with Crippen molar-refractivity contribution in [2.45, 2.75) is 89.7 Å². The van der Waals surface area contributed by atoms with E-state index >= 15 is 0 Å². The summed E-state index contributed by atoms with van der Waals surface area (Å²) in [4.78, 5) is 12.2. The Balaban J connectivity index is 1.49. The third kappa shape index (κ3) is 4.82. The minimum absolute atomic E-state index is 0.0217. The maximum absolute atomic E-state index is 12.5. The number of rotatable bonds is 8. The van der Waals surface area contributed by atoms with Gasteiger partial charge in [0, 0.05) is 6.42 Å². The van der Waals surface area contributed by atoms with E-state index in [4.69, 9.17) is 15.0 Å². The average molecular weight is 467 g/mol. The minimum Gasteiger partial charge on any atom is -0.406 e. The Labute approximate surface area is 193 Å². The Kier molecular flexibility index (Phi) is 6.38. The molecule has 0 radical (unpaired) electrons. The number of Topliss-reactive ketones (excluding diaryl/α,β-unsaturated/α-hetero) is 1. The van der Waals surface area contributed by atoms with Crippen molar-refractivity contribution in [1.82, 2.24) is 0 Å². The molecule has 1 aromatic rings. The third-order valence-electron chi connectivity index (χ3n) is 8.28. The second-order valence-corrected chi connectivity index (χ2v) is 10.8. The summed E-state index contributed by atoms with van der Waals surface area (Å²) in [5.74, 6) is 0.638. The molecule has 0 spiro atoms. The zero-order valence-electron chi connectivity index (χ0n) is 19.7. The number of hydrogen-bond acceptors (Lipinski definition) is 5. The molecule has 33 heavy (non-hydrogen) atoms. The van der Waals surface area contributed by atoms with Crippen LogP contribution in [0.4, 0.5) is 13.2 Å². The summed E-state index contributed by atoms with van der Waals surface area (Å²) in [5.41, 5.74) is 6.44. The Morgan fingerprint density at radius 2 is 1.91 bits per heavy atom. The molecule has 6 atom stereocenters. The lowest BCUT2D eigenvalue weighted by Crippen LogP contribution is -2.65. The maximum Gasteiger partial charge on any atom is 0.573 e. The molecule has 3 unspecified atom stereocenters. The third-order valence-corrected chi connectivity index (χ3v) is 8.28. The molecule has 1 heterocycles. The van der Waals surface area contributed by atoms with Crippen molar-refractivity contribution in [1.29, 1.82) is 0 Å². The predicted octanol–water partition coefficient (Wildman–Crippen LogP) is 4.92. The SMILES string of the molecule is C[C@H](N)C(=O)CC[C@@H](Cc1ccc(OC(F)(F)F)cc1)B1OC2CC3CC(C3(C)C)[C@@]2(C)O1. The molecule has 5 rings (SSSR count). The molecule has 1 aliphatic heterocycles. The number of carbonyl (C=O) groups is 1. The molecule has 3 saturated carbocycles. The van der Waals surface area contributed by atoms with Gasteiger partial charge in [0.05, 0.1) is 17.7 Å². The van der Waals surface area contributed by atoms with E-state index in [1.54, 1.807) is 19.1 Å². The summed E-state index contributed by atoms with van der Waals surface area (Å²) >= 11 is 0. The Morgan fingerprint density at radius 1 is 1.24 bits per heavy atom. The lowest BCUT2D eigenvalue weighted by atomic mass is 9.43. The molecule has 9 heteroatoms. The fraction of sp³-hybridized carbons (Fsp3) is 0.708. The van der Waals surface area contributed by atoms with Crippen molar-refractivity contribution >= 4 is 12.9 Å². The zero-order valence-corrected chi connectivity index (χ0v) is 19.7. The molecule has 2 N–H and O–H groups in total. The van der Waals surface area contributed by atoms with Crippen molar-refractivity contribution in [3.05, 3.63) is 29.8 Å². The van der Waals surface area contributed by atoms with Gasteiger partial charge in [0.2, 0.25) is 0 Å². The largest absolute Gasteiger partial charge is 0.573 e. The summed E-state index contributed by atoms with van der Waals surface area (Å²) in [6.45, 7) is 8.41. The van der Waals surface area contributed by atoms with E-state index < -0.39 is 19.5 Å². The van der Waals surface area contributed by atoms with Gasteiger partial charge in [0.1, 0.15) is 11.5 Å². The van der Waals surface area contributed by atoms with Crippen LogP contribution in [-0.2, 0) is 20.5 Å². The van der Waals surface area contributed by atoms with Crippen LogP contribution >= 0.6 is 0 Å². The highest BCUT2D eigenvalue weighted by atomic mass is 19.4. The van der Waals surface area contributed by atoms with E-state index in [1.807, 2.05) is 0 Å². The van der Waals surface area contributed by atoms with Gasteiger partial charge in [-0.1, -0.05) is 26.0 Å². The Morgan fingerprint density at radius 3 is 2.48 bits per heavy atom. The summed E-state index contributed by atoms with van der Waals surface area (Å²) in [6, 6.07) is 5.31. The first-order chi connectivity index (χ1) is 15.3. The number of ketones is 1. The van der Waals surface area contributed by atoms with Crippen LogP contribution in [0.3, 0.4) is 0 Å². The number of nitrogens with two attached hydrogens (primary N) is 1. The lowest BCUT2D eigenvalue weighted by Gasteiger charge is -2.64. The summed E-state index contributed by atoms with van der Waals surface area (Å²) in [5, 5.41) is 0. The predicted molar refractivity (Wildman–Crippen MR) is 119 cm³/mol. The molecule has 182 valence electrons. The van der Waals surface area contributed by atoms with E-state index in [9.17, 15) is 18.0 Å². The highest BCUT2D eigenvalue weighted by molar-refractivity contribution is 6.47. The minimum atomic E-state index is -4.73. The number of hydrogen-bond donors (Lipinski definition) is 1. The van der Waals surface area contributed by atoms with Crippen molar-refractivity contribution < 1.29 is 32.0 Å². The quantitative estimate of drug-likeness (QED) is 0.550. The van der Waals surface area contributed by atoms with Crippen LogP contribution in [0.25, 0.3) is 0 Å². The highest BCUT2D eigenvalue weighted by Gasteiger charge is 2.68. The van der Waals surface area contributed by atoms with E-state index in [0.29, 0.717) is 31.1 Å². The molecule has 2 bridgehead atoms. The number of carbonyl (C=O) groups excluding carboxylic acids is 1. The van der Waals surface area contributed by atoms with Crippen LogP contribution < -0.4 is 10.5 Å². The van der Waals surface area contributed by atoms with Gasteiger partial charge in [-0.15, -0.1) is 13.2 Å². The molecular weight excluding hydrogens is 434 g/mol. The molecule has 0 amide bonds. The molecule has 4 aliphatic rings. The summed E-state index contributed by atoms with van der Waals surface area (Å²) < 4.78 is 54.4. The van der Waals surface area contributed by atoms with Gasteiger partial charge in [-0.25, -0.2) is 0 Å². The highest BCUT2D eigenvalue weighted by Crippen LogP contribution is 2.66. The Bertz CT molecular complexity index is 875. The number of ether oxygens (including phenoxy) is 1. The Hall–Kier alpha value is -1.58. The molecule has 1 saturated heterocycles. The first-order valence-corrected chi connectivity index (χ1v) is 11.8. The molecule has 3 aliphatic carbocycles. The summed E-state index contributed by atoms with van der Waals surface area (Å²) in [7, 11) is -0.470. The van der Waals surface area contributed by atoms with Gasteiger partial charge < -0.3 is 19.8 Å². The van der Waals surface area contributed by atoms with Crippen LogP contribution in [-0.4, -0.2) is 37.0 Å². The van der Waals surface area contributed by atoms with Crippen molar-refractivity contribution in [3.63, 3.8) is 0 Å². The van der Waals surface area contributed by atoms with E-state index in [0.717, 1.165) is 18.4 Å². The monoisotopic (exact) mass is 467 g/mol. The van der Waals surface area contributed by atoms with E-state index in [2.05, 4.69) is 25.5 Å².